The first kappa shape index (κ1) is 21.4. The van der Waals surface area contributed by atoms with E-state index in [0.717, 1.165) is 22.6 Å². The van der Waals surface area contributed by atoms with Crippen LogP contribution in [0.5, 0.6) is 0 Å². The second-order valence-electron chi connectivity index (χ2n) is 9.62. The molecule has 3 aromatic heterocycles. The molecule has 0 bridgehead atoms. The Morgan fingerprint density at radius 3 is 1.97 bits per heavy atom. The first-order valence-electron chi connectivity index (χ1n) is 12.8. The van der Waals surface area contributed by atoms with Gasteiger partial charge in [-0.25, -0.2) is 4.98 Å². The normalized spacial score (nSPS) is 11.7. The molecule has 8 aromatic rings. The van der Waals surface area contributed by atoms with Crippen molar-refractivity contribution in [3.63, 3.8) is 0 Å². The number of fused-ring (bicyclic) bond motifs is 7. The molecular weight excluding hydrogens is 480 g/mol. The summed E-state index contributed by atoms with van der Waals surface area (Å²) in [6, 6.07) is 47.5. The molecule has 0 atom stereocenters. The topological polar surface area (TPSA) is 17.8 Å². The Morgan fingerprint density at radius 1 is 0.500 bits per heavy atom. The van der Waals surface area contributed by atoms with Crippen LogP contribution in [0.3, 0.4) is 0 Å². The van der Waals surface area contributed by atoms with Crippen molar-refractivity contribution in [3.8, 4) is 28.2 Å². The third-order valence-corrected chi connectivity index (χ3v) is 8.59. The second kappa shape index (κ2) is 8.41. The standard InChI is InChI=1S/C35H22N2S/c1-3-11-23(12-4-1)25-21-30(24-13-5-2-6-14-24)36-33(22-25)37-31-17-9-7-15-26(31)28-19-20-29-27-16-8-10-18-32(27)38-35(29)34(28)37/h1-22H. The van der Waals surface area contributed by atoms with Gasteiger partial charge in [-0.1, -0.05) is 109 Å². The van der Waals surface area contributed by atoms with Gasteiger partial charge in [0, 0.05) is 31.8 Å². The van der Waals surface area contributed by atoms with E-state index in [9.17, 15) is 0 Å². The molecule has 3 heterocycles. The first-order valence-corrected chi connectivity index (χ1v) is 13.6. The van der Waals surface area contributed by atoms with Gasteiger partial charge in [-0.15, -0.1) is 11.3 Å². The van der Waals surface area contributed by atoms with Crippen molar-refractivity contribution in [1.82, 2.24) is 9.55 Å². The highest BCUT2D eigenvalue weighted by atomic mass is 32.1. The Morgan fingerprint density at radius 2 is 1.16 bits per heavy atom. The number of thiophene rings is 1. The van der Waals surface area contributed by atoms with Gasteiger partial charge in [-0.2, -0.15) is 0 Å². The van der Waals surface area contributed by atoms with Crippen molar-refractivity contribution >= 4 is 53.3 Å². The smallest absolute Gasteiger partial charge is 0.138 e. The Hall–Kier alpha value is -4.73. The van der Waals surface area contributed by atoms with Crippen LogP contribution < -0.4 is 0 Å². The van der Waals surface area contributed by atoms with Crippen LogP contribution in [0.25, 0.3) is 70.2 Å². The van der Waals surface area contributed by atoms with Crippen LogP contribution >= 0.6 is 11.3 Å². The number of benzene rings is 5. The number of rotatable bonds is 3. The molecule has 0 unspecified atom stereocenters. The number of hydrogen-bond donors (Lipinski definition) is 0. The van der Waals surface area contributed by atoms with Crippen molar-refractivity contribution < 1.29 is 0 Å². The quantitative estimate of drug-likeness (QED) is 0.235. The van der Waals surface area contributed by atoms with Crippen LogP contribution in [-0.4, -0.2) is 9.55 Å². The van der Waals surface area contributed by atoms with E-state index in [-0.39, 0.29) is 0 Å². The molecule has 0 amide bonds. The highest BCUT2D eigenvalue weighted by molar-refractivity contribution is 7.26. The van der Waals surface area contributed by atoms with E-state index >= 15 is 0 Å². The molecule has 0 aliphatic rings. The molecule has 2 nitrogen and oxygen atoms in total. The molecule has 38 heavy (non-hydrogen) atoms. The summed E-state index contributed by atoms with van der Waals surface area (Å²) in [5.41, 5.74) is 6.81. The second-order valence-corrected chi connectivity index (χ2v) is 10.7. The van der Waals surface area contributed by atoms with Crippen LogP contribution in [0.1, 0.15) is 0 Å². The van der Waals surface area contributed by atoms with Gasteiger partial charge in [0.25, 0.3) is 0 Å². The molecule has 0 saturated heterocycles. The number of aromatic nitrogens is 2. The van der Waals surface area contributed by atoms with Crippen LogP contribution in [0, 0.1) is 0 Å². The van der Waals surface area contributed by atoms with Gasteiger partial charge in [0.1, 0.15) is 5.82 Å². The summed E-state index contributed by atoms with van der Waals surface area (Å²) in [4.78, 5) is 5.30. The lowest BCUT2D eigenvalue weighted by molar-refractivity contribution is 1.09. The summed E-state index contributed by atoms with van der Waals surface area (Å²) in [6.07, 6.45) is 0. The van der Waals surface area contributed by atoms with E-state index in [4.69, 9.17) is 4.98 Å². The third kappa shape index (κ3) is 3.22. The molecule has 0 N–H and O–H groups in total. The van der Waals surface area contributed by atoms with Crippen molar-refractivity contribution in [2.24, 2.45) is 0 Å². The number of para-hydroxylation sites is 1. The van der Waals surface area contributed by atoms with E-state index in [2.05, 4.69) is 138 Å². The summed E-state index contributed by atoms with van der Waals surface area (Å²) >= 11 is 1.87. The SMILES string of the molecule is c1ccc(-c2cc(-c3ccccc3)nc(-n3c4ccccc4c4ccc5c6ccccc6sc5c43)c2)cc1. The van der Waals surface area contributed by atoms with E-state index in [1.165, 1.54) is 47.5 Å². The number of nitrogens with zero attached hydrogens (tertiary/aromatic N) is 2. The van der Waals surface area contributed by atoms with Crippen LogP contribution in [0.2, 0.25) is 0 Å². The summed E-state index contributed by atoms with van der Waals surface area (Å²) in [7, 11) is 0. The highest BCUT2D eigenvalue weighted by Gasteiger charge is 2.19. The molecule has 0 saturated carbocycles. The fourth-order valence-corrected chi connectivity index (χ4v) is 6.89. The minimum Gasteiger partial charge on any atom is -0.292 e. The lowest BCUT2D eigenvalue weighted by atomic mass is 10.0. The van der Waals surface area contributed by atoms with Crippen molar-refractivity contribution in [3.05, 3.63) is 133 Å². The summed E-state index contributed by atoms with van der Waals surface area (Å²) in [6.45, 7) is 0. The summed E-state index contributed by atoms with van der Waals surface area (Å²) in [5.74, 6) is 0.932. The Bertz CT molecular complexity index is 2060. The molecule has 3 heteroatoms. The molecule has 0 spiro atoms. The van der Waals surface area contributed by atoms with Crippen molar-refractivity contribution in [2.45, 2.75) is 0 Å². The van der Waals surface area contributed by atoms with Crippen LogP contribution in [0.15, 0.2) is 133 Å². The monoisotopic (exact) mass is 502 g/mol. The number of hydrogen-bond acceptors (Lipinski definition) is 2. The van der Waals surface area contributed by atoms with Gasteiger partial charge in [0.15, 0.2) is 0 Å². The van der Waals surface area contributed by atoms with E-state index < -0.39 is 0 Å². The Kier molecular flexibility index (Phi) is 4.73. The van der Waals surface area contributed by atoms with Crippen LogP contribution in [0.4, 0.5) is 0 Å². The average Bonchev–Trinajstić information content (AvgIpc) is 3.54. The fraction of sp³-hybridized carbons (Fsp3) is 0. The third-order valence-electron chi connectivity index (χ3n) is 7.40. The van der Waals surface area contributed by atoms with E-state index in [1.807, 2.05) is 11.3 Å². The minimum absolute atomic E-state index is 0.932. The van der Waals surface area contributed by atoms with Crippen molar-refractivity contribution in [1.29, 1.82) is 0 Å². The minimum atomic E-state index is 0.932. The Balaban J connectivity index is 1.53. The molecule has 178 valence electrons. The average molecular weight is 503 g/mol. The highest BCUT2D eigenvalue weighted by Crippen LogP contribution is 2.43. The molecule has 0 aliphatic heterocycles. The molecule has 0 radical (unpaired) electrons. The lowest BCUT2D eigenvalue weighted by Gasteiger charge is -2.13. The largest absolute Gasteiger partial charge is 0.292 e. The fourth-order valence-electron chi connectivity index (χ4n) is 5.65. The molecule has 0 aliphatic carbocycles. The zero-order valence-electron chi connectivity index (χ0n) is 20.5. The van der Waals surface area contributed by atoms with E-state index in [1.54, 1.807) is 0 Å². The molecular formula is C35H22N2S. The summed E-state index contributed by atoms with van der Waals surface area (Å²) in [5, 5.41) is 5.11. The van der Waals surface area contributed by atoms with Crippen molar-refractivity contribution in [2.75, 3.05) is 0 Å². The van der Waals surface area contributed by atoms with Gasteiger partial charge >= 0.3 is 0 Å². The maximum Gasteiger partial charge on any atom is 0.138 e. The molecule has 0 fully saturated rings. The zero-order chi connectivity index (χ0) is 25.1. The zero-order valence-corrected chi connectivity index (χ0v) is 21.3. The first-order chi connectivity index (χ1) is 18.8. The van der Waals surface area contributed by atoms with Gasteiger partial charge in [0.05, 0.1) is 21.4 Å². The predicted octanol–water partition coefficient (Wildman–Crippen LogP) is 9.88. The predicted molar refractivity (Wildman–Crippen MR) is 162 cm³/mol. The Labute approximate surface area is 224 Å². The van der Waals surface area contributed by atoms with Gasteiger partial charge in [-0.3, -0.25) is 4.57 Å². The van der Waals surface area contributed by atoms with E-state index in [0.29, 0.717) is 0 Å². The molecule has 5 aromatic carbocycles. The van der Waals surface area contributed by atoms with Gasteiger partial charge in [-0.05, 0) is 35.4 Å². The summed E-state index contributed by atoms with van der Waals surface area (Å²) < 4.78 is 4.98. The maximum atomic E-state index is 5.30. The number of pyridine rings is 1. The van der Waals surface area contributed by atoms with Crippen LogP contribution in [-0.2, 0) is 0 Å². The van der Waals surface area contributed by atoms with Gasteiger partial charge < -0.3 is 0 Å². The van der Waals surface area contributed by atoms with Gasteiger partial charge in [0.2, 0.25) is 0 Å². The lowest BCUT2D eigenvalue weighted by Crippen LogP contribution is -2.00. The molecule has 8 rings (SSSR count). The maximum absolute atomic E-state index is 5.30.